The number of benzene rings is 1. The van der Waals surface area contributed by atoms with Crippen molar-refractivity contribution in [1.29, 1.82) is 0 Å². The van der Waals surface area contributed by atoms with Gasteiger partial charge in [-0.15, -0.1) is 10.2 Å². The van der Waals surface area contributed by atoms with Gasteiger partial charge in [0.15, 0.2) is 17.3 Å². The van der Waals surface area contributed by atoms with E-state index in [1.54, 1.807) is 26.1 Å². The van der Waals surface area contributed by atoms with Gasteiger partial charge in [0, 0.05) is 24.4 Å². The van der Waals surface area contributed by atoms with Crippen LogP contribution in [0.2, 0.25) is 0 Å². The largest absolute Gasteiger partial charge is 0.494 e. The van der Waals surface area contributed by atoms with Crippen molar-refractivity contribution >= 4 is 17.4 Å². The number of rotatable bonds is 12. The molecule has 0 amide bonds. The van der Waals surface area contributed by atoms with Gasteiger partial charge in [-0.3, -0.25) is 9.59 Å². The van der Waals surface area contributed by atoms with Crippen LogP contribution in [0.3, 0.4) is 0 Å². The highest BCUT2D eigenvalue weighted by Crippen LogP contribution is 2.41. The van der Waals surface area contributed by atoms with E-state index in [9.17, 15) is 14.7 Å². The van der Waals surface area contributed by atoms with Crippen LogP contribution in [0.5, 0.6) is 5.75 Å². The van der Waals surface area contributed by atoms with Crippen LogP contribution in [-0.4, -0.2) is 68.6 Å². The molecule has 6 rings (SSSR count). The molecule has 43 heavy (non-hydrogen) atoms. The summed E-state index contributed by atoms with van der Waals surface area (Å²) in [6, 6.07) is 5.19. The van der Waals surface area contributed by atoms with Crippen molar-refractivity contribution in [2.24, 2.45) is 5.41 Å². The third kappa shape index (κ3) is 5.72. The standard InChI is InChI=1S/C29H30FN9O4/c1-29(2,28(41)42)11-18-10-19(17-4-5-17)12-37-13-20(32-27(18)37)14-38-15-22(33-35-38)24(40)8-6-21-23(39-16-31-34-36-39)7-9-25(43-3)26(21)30/h7,9-10,12-13,15-17H,4-6,8,11,14H2,1-3H3,(H,41,42). The fourth-order valence-corrected chi connectivity index (χ4v) is 5.15. The molecule has 1 aliphatic carbocycles. The van der Waals surface area contributed by atoms with Gasteiger partial charge in [-0.05, 0) is 79.1 Å². The number of imidazole rings is 1. The van der Waals surface area contributed by atoms with Crippen LogP contribution in [0.4, 0.5) is 4.39 Å². The highest BCUT2D eigenvalue weighted by molar-refractivity contribution is 5.94. The van der Waals surface area contributed by atoms with Gasteiger partial charge in [0.1, 0.15) is 17.7 Å². The number of hydrogen-bond donors (Lipinski definition) is 1. The smallest absolute Gasteiger partial charge is 0.309 e. The number of carboxylic acids is 1. The summed E-state index contributed by atoms with van der Waals surface area (Å²) in [5.74, 6) is -1.22. The Morgan fingerprint density at radius 1 is 1.16 bits per heavy atom. The number of ketones is 1. The van der Waals surface area contributed by atoms with E-state index >= 15 is 4.39 Å². The Hall–Kier alpha value is -5.01. The Balaban J connectivity index is 1.20. The van der Waals surface area contributed by atoms with Crippen molar-refractivity contribution in [2.45, 2.75) is 58.4 Å². The molecular weight excluding hydrogens is 557 g/mol. The van der Waals surface area contributed by atoms with Gasteiger partial charge in [0.05, 0.1) is 36.6 Å². The van der Waals surface area contributed by atoms with Crippen LogP contribution in [0, 0.1) is 11.2 Å². The van der Waals surface area contributed by atoms with Crippen molar-refractivity contribution in [3.63, 3.8) is 0 Å². The number of fused-ring (bicyclic) bond motifs is 1. The lowest BCUT2D eigenvalue weighted by Gasteiger charge is -2.20. The highest BCUT2D eigenvalue weighted by Gasteiger charge is 2.31. The van der Waals surface area contributed by atoms with Crippen molar-refractivity contribution in [1.82, 2.24) is 44.6 Å². The summed E-state index contributed by atoms with van der Waals surface area (Å²) in [5, 5.41) is 28.9. The minimum atomic E-state index is -0.948. The topological polar surface area (TPSA) is 155 Å². The lowest BCUT2D eigenvalue weighted by molar-refractivity contribution is -0.146. The molecule has 4 aromatic heterocycles. The number of carbonyl (C=O) groups excluding carboxylic acids is 1. The number of ether oxygens (including phenoxy) is 1. The van der Waals surface area contributed by atoms with Gasteiger partial charge < -0.3 is 14.2 Å². The molecule has 222 valence electrons. The molecule has 0 aliphatic heterocycles. The second-order valence-electron chi connectivity index (χ2n) is 11.5. The molecular formula is C29H30FN9O4. The Bertz CT molecular complexity index is 1820. The van der Waals surface area contributed by atoms with E-state index < -0.39 is 17.2 Å². The molecule has 0 spiro atoms. The lowest BCUT2D eigenvalue weighted by Crippen LogP contribution is -2.26. The molecule has 1 N–H and O–H groups in total. The lowest BCUT2D eigenvalue weighted by atomic mass is 9.86. The molecule has 1 aliphatic rings. The van der Waals surface area contributed by atoms with Gasteiger partial charge >= 0.3 is 5.97 Å². The van der Waals surface area contributed by atoms with E-state index in [0.717, 1.165) is 18.4 Å². The minimum absolute atomic E-state index is 0.0288. The maximum Gasteiger partial charge on any atom is 0.309 e. The molecule has 14 heteroatoms. The molecule has 4 heterocycles. The number of aromatic nitrogens is 9. The fraction of sp³-hybridized carbons (Fsp3) is 0.379. The van der Waals surface area contributed by atoms with Gasteiger partial charge in [-0.1, -0.05) is 11.3 Å². The normalized spacial score (nSPS) is 13.5. The SMILES string of the molecule is COc1ccc(-n2cnnn2)c(CCC(=O)c2cn(Cc3cn4cc(C5CC5)cc(CC(C)(C)C(=O)O)c4n3)nn2)c1F. The zero-order chi connectivity index (χ0) is 30.3. The van der Waals surface area contributed by atoms with E-state index in [2.05, 4.69) is 38.1 Å². The van der Waals surface area contributed by atoms with E-state index in [1.807, 2.05) is 10.6 Å². The second-order valence-corrected chi connectivity index (χ2v) is 11.5. The van der Waals surface area contributed by atoms with Gasteiger partial charge in [0.2, 0.25) is 0 Å². The molecule has 0 atom stereocenters. The average molecular weight is 588 g/mol. The molecule has 0 bridgehead atoms. The number of methoxy groups -OCH3 is 1. The first kappa shape index (κ1) is 28.1. The second kappa shape index (κ2) is 11.0. The van der Waals surface area contributed by atoms with Gasteiger partial charge in [-0.2, -0.15) is 0 Å². The Labute approximate surface area is 245 Å². The van der Waals surface area contributed by atoms with E-state index in [4.69, 9.17) is 9.72 Å². The molecule has 0 radical (unpaired) electrons. The highest BCUT2D eigenvalue weighted by atomic mass is 19.1. The summed E-state index contributed by atoms with van der Waals surface area (Å²) < 4.78 is 25.1. The number of pyridine rings is 1. The number of carbonyl (C=O) groups is 2. The van der Waals surface area contributed by atoms with Crippen molar-refractivity contribution in [2.75, 3.05) is 7.11 Å². The van der Waals surface area contributed by atoms with E-state index in [0.29, 0.717) is 29.4 Å². The summed E-state index contributed by atoms with van der Waals surface area (Å²) in [6.45, 7) is 3.68. The zero-order valence-electron chi connectivity index (χ0n) is 23.9. The summed E-state index contributed by atoms with van der Waals surface area (Å²) in [6.07, 6.45) is 9.46. The summed E-state index contributed by atoms with van der Waals surface area (Å²) in [5.41, 5.74) is 3.29. The number of hydrogen-bond acceptors (Lipinski definition) is 9. The third-order valence-electron chi connectivity index (χ3n) is 7.71. The van der Waals surface area contributed by atoms with Crippen LogP contribution >= 0.6 is 0 Å². The quantitative estimate of drug-likeness (QED) is 0.215. The molecule has 0 unspecified atom stereocenters. The maximum absolute atomic E-state index is 15.2. The number of aliphatic carboxylic acids is 1. The number of halogens is 1. The number of Topliss-reactive ketones (excluding diaryl/α,β-unsaturated/α-hetero) is 1. The molecule has 1 aromatic carbocycles. The number of carboxylic acid groups (broad SMARTS) is 1. The first-order chi connectivity index (χ1) is 20.6. The molecule has 1 saturated carbocycles. The monoisotopic (exact) mass is 587 g/mol. The maximum atomic E-state index is 15.2. The van der Waals surface area contributed by atoms with Crippen LogP contribution in [0.15, 0.2) is 43.1 Å². The Morgan fingerprint density at radius 2 is 1.98 bits per heavy atom. The van der Waals surface area contributed by atoms with Crippen molar-refractivity contribution in [3.05, 3.63) is 77.0 Å². The summed E-state index contributed by atoms with van der Waals surface area (Å²) in [7, 11) is 1.37. The van der Waals surface area contributed by atoms with E-state index in [1.165, 1.54) is 34.4 Å². The molecule has 13 nitrogen and oxygen atoms in total. The van der Waals surface area contributed by atoms with Crippen molar-refractivity contribution < 1.29 is 23.8 Å². The predicted octanol–water partition coefficient (Wildman–Crippen LogP) is 3.44. The molecule has 1 fully saturated rings. The Morgan fingerprint density at radius 3 is 2.67 bits per heavy atom. The van der Waals surface area contributed by atoms with Gasteiger partial charge in [-0.25, -0.2) is 18.7 Å². The number of tetrazole rings is 1. The Kier molecular flexibility index (Phi) is 7.20. The predicted molar refractivity (Wildman–Crippen MR) is 150 cm³/mol. The fourth-order valence-electron chi connectivity index (χ4n) is 5.15. The molecule has 0 saturated heterocycles. The first-order valence-corrected chi connectivity index (χ1v) is 13.9. The van der Waals surface area contributed by atoms with Crippen LogP contribution in [0.25, 0.3) is 11.3 Å². The van der Waals surface area contributed by atoms with E-state index in [-0.39, 0.29) is 42.2 Å². The van der Waals surface area contributed by atoms with Crippen LogP contribution in [-0.2, 0) is 24.2 Å². The van der Waals surface area contributed by atoms with Crippen LogP contribution in [0.1, 0.15) is 71.9 Å². The van der Waals surface area contributed by atoms with Crippen molar-refractivity contribution in [3.8, 4) is 11.4 Å². The minimum Gasteiger partial charge on any atom is -0.494 e. The summed E-state index contributed by atoms with van der Waals surface area (Å²) in [4.78, 5) is 29.7. The zero-order valence-corrected chi connectivity index (χ0v) is 23.9. The third-order valence-corrected chi connectivity index (χ3v) is 7.71. The number of nitrogens with zero attached hydrogens (tertiary/aromatic N) is 9. The van der Waals surface area contributed by atoms with Crippen LogP contribution < -0.4 is 4.74 Å². The first-order valence-electron chi connectivity index (χ1n) is 13.9. The van der Waals surface area contributed by atoms with Gasteiger partial charge in [0.25, 0.3) is 0 Å². The summed E-state index contributed by atoms with van der Waals surface area (Å²) >= 11 is 0. The average Bonchev–Trinajstić information content (AvgIpc) is 3.32. The molecule has 5 aromatic rings.